The third-order valence-corrected chi connectivity index (χ3v) is 3.82. The van der Waals surface area contributed by atoms with Gasteiger partial charge in [-0.3, -0.25) is 4.79 Å². The minimum absolute atomic E-state index is 0.0694. The van der Waals surface area contributed by atoms with E-state index in [1.54, 1.807) is 12.1 Å². The zero-order valence-electron chi connectivity index (χ0n) is 14.1. The molecule has 0 aliphatic carbocycles. The van der Waals surface area contributed by atoms with Crippen LogP contribution in [0.5, 0.6) is 0 Å². The summed E-state index contributed by atoms with van der Waals surface area (Å²) in [6.45, 7) is 0. The van der Waals surface area contributed by atoms with Crippen LogP contribution in [0.4, 0.5) is 25.8 Å². The van der Waals surface area contributed by atoms with Crippen molar-refractivity contribution in [3.05, 3.63) is 77.9 Å². The molecule has 1 N–H and O–H groups in total. The fraction of sp³-hybridized carbons (Fsp3) is 0.0526. The largest absolute Gasteiger partial charge is 0.340 e. The number of nitrogens with zero attached hydrogens (tertiary/aromatic N) is 4. The van der Waals surface area contributed by atoms with Gasteiger partial charge in [0.2, 0.25) is 0 Å². The van der Waals surface area contributed by atoms with Crippen LogP contribution in [0.2, 0.25) is 0 Å². The third kappa shape index (κ3) is 3.88. The van der Waals surface area contributed by atoms with E-state index in [2.05, 4.69) is 15.3 Å². The molecule has 3 aromatic rings. The Balaban J connectivity index is 1.92. The quantitative estimate of drug-likeness (QED) is 0.763. The Morgan fingerprint density at radius 2 is 1.93 bits per heavy atom. The number of nitrogens with one attached hydrogen (secondary N) is 1. The smallest absolute Gasteiger partial charge is 0.255 e. The van der Waals surface area contributed by atoms with Gasteiger partial charge in [0.1, 0.15) is 6.33 Å². The van der Waals surface area contributed by atoms with E-state index in [9.17, 15) is 13.6 Å². The first-order valence-electron chi connectivity index (χ1n) is 7.79. The Morgan fingerprint density at radius 1 is 1.19 bits per heavy atom. The molecule has 0 aliphatic heterocycles. The van der Waals surface area contributed by atoms with Crippen LogP contribution in [0.15, 0.2) is 55.1 Å². The van der Waals surface area contributed by atoms with Gasteiger partial charge in [-0.05, 0) is 24.3 Å². The SMILES string of the molecule is CN(c1cncnc1)c1cc(NC(=O)c2cccc(C#N)c2)cc(F)c1F. The number of anilines is 3. The molecule has 0 spiro atoms. The zero-order chi connectivity index (χ0) is 19.4. The number of benzene rings is 2. The molecule has 27 heavy (non-hydrogen) atoms. The first-order chi connectivity index (χ1) is 13.0. The molecule has 0 unspecified atom stereocenters. The summed E-state index contributed by atoms with van der Waals surface area (Å²) in [7, 11) is 1.53. The van der Waals surface area contributed by atoms with Crippen molar-refractivity contribution in [1.82, 2.24) is 9.97 Å². The van der Waals surface area contributed by atoms with Crippen molar-refractivity contribution in [2.24, 2.45) is 0 Å². The number of hydrogen-bond donors (Lipinski definition) is 1. The first-order valence-corrected chi connectivity index (χ1v) is 7.79. The fourth-order valence-electron chi connectivity index (χ4n) is 2.43. The summed E-state index contributed by atoms with van der Waals surface area (Å²) < 4.78 is 28.3. The standard InChI is InChI=1S/C19H13F2N5O/c1-26(15-9-23-11-24-10-15)17-7-14(6-16(20)18(17)21)25-19(27)13-4-2-3-12(5-13)8-22/h2-7,9-11H,1H3,(H,25,27). The lowest BCUT2D eigenvalue weighted by atomic mass is 10.1. The van der Waals surface area contributed by atoms with Crippen molar-refractivity contribution in [3.63, 3.8) is 0 Å². The lowest BCUT2D eigenvalue weighted by molar-refractivity contribution is 0.102. The van der Waals surface area contributed by atoms with Crippen molar-refractivity contribution in [1.29, 1.82) is 5.26 Å². The molecule has 0 saturated carbocycles. The average molecular weight is 365 g/mol. The maximum Gasteiger partial charge on any atom is 0.255 e. The molecule has 6 nitrogen and oxygen atoms in total. The predicted octanol–water partition coefficient (Wildman–Crippen LogP) is 3.65. The molecule has 0 radical (unpaired) electrons. The van der Waals surface area contributed by atoms with Gasteiger partial charge in [-0.15, -0.1) is 0 Å². The molecule has 3 rings (SSSR count). The predicted molar refractivity (Wildman–Crippen MR) is 95.6 cm³/mol. The number of nitriles is 1. The van der Waals surface area contributed by atoms with Gasteiger partial charge in [0.25, 0.3) is 5.91 Å². The number of hydrogen-bond acceptors (Lipinski definition) is 5. The molecule has 0 bridgehead atoms. The molecule has 2 aromatic carbocycles. The summed E-state index contributed by atoms with van der Waals surface area (Å²) in [6, 6.07) is 10.2. The number of carbonyl (C=O) groups is 1. The van der Waals surface area contributed by atoms with Gasteiger partial charge in [0, 0.05) is 24.4 Å². The lowest BCUT2D eigenvalue weighted by Gasteiger charge is -2.20. The van der Waals surface area contributed by atoms with Crippen LogP contribution < -0.4 is 10.2 Å². The molecular formula is C19H13F2N5O. The van der Waals surface area contributed by atoms with Crippen molar-refractivity contribution in [3.8, 4) is 6.07 Å². The second-order valence-electron chi connectivity index (χ2n) is 5.59. The van der Waals surface area contributed by atoms with Crippen LogP contribution in [-0.4, -0.2) is 22.9 Å². The van der Waals surface area contributed by atoms with Crippen molar-refractivity contribution in [2.75, 3.05) is 17.3 Å². The van der Waals surface area contributed by atoms with Crippen LogP contribution in [0.1, 0.15) is 15.9 Å². The van der Waals surface area contributed by atoms with Crippen LogP contribution in [0.3, 0.4) is 0 Å². The van der Waals surface area contributed by atoms with E-state index in [0.29, 0.717) is 11.3 Å². The molecule has 1 heterocycles. The maximum atomic E-state index is 14.3. The van der Waals surface area contributed by atoms with Crippen LogP contribution >= 0.6 is 0 Å². The highest BCUT2D eigenvalue weighted by Gasteiger charge is 2.17. The summed E-state index contributed by atoms with van der Waals surface area (Å²) in [4.78, 5) is 21.4. The highest BCUT2D eigenvalue weighted by molar-refractivity contribution is 6.04. The van der Waals surface area contributed by atoms with E-state index in [1.165, 1.54) is 48.9 Å². The van der Waals surface area contributed by atoms with Crippen molar-refractivity contribution in [2.45, 2.75) is 0 Å². The van der Waals surface area contributed by atoms with Crippen LogP contribution in [0.25, 0.3) is 0 Å². The molecule has 1 amide bonds. The number of amides is 1. The summed E-state index contributed by atoms with van der Waals surface area (Å²) in [6.07, 6.45) is 4.21. The topological polar surface area (TPSA) is 81.9 Å². The highest BCUT2D eigenvalue weighted by Crippen LogP contribution is 2.30. The van der Waals surface area contributed by atoms with E-state index in [-0.39, 0.29) is 16.9 Å². The summed E-state index contributed by atoms with van der Waals surface area (Å²) in [5.74, 6) is -2.72. The molecule has 134 valence electrons. The van der Waals surface area contributed by atoms with E-state index in [4.69, 9.17) is 5.26 Å². The molecular weight excluding hydrogens is 352 g/mol. The number of rotatable bonds is 4. The zero-order valence-corrected chi connectivity index (χ0v) is 14.1. The van der Waals surface area contributed by atoms with Crippen LogP contribution in [0, 0.1) is 23.0 Å². The van der Waals surface area contributed by atoms with Gasteiger partial charge in [0.05, 0.1) is 35.4 Å². The molecule has 0 fully saturated rings. The Hall–Kier alpha value is -3.86. The van der Waals surface area contributed by atoms with Gasteiger partial charge < -0.3 is 10.2 Å². The van der Waals surface area contributed by atoms with E-state index in [0.717, 1.165) is 6.07 Å². The van der Waals surface area contributed by atoms with Gasteiger partial charge in [-0.25, -0.2) is 18.7 Å². The average Bonchev–Trinajstić information content (AvgIpc) is 2.70. The van der Waals surface area contributed by atoms with E-state index < -0.39 is 17.5 Å². The second-order valence-corrected chi connectivity index (χ2v) is 5.59. The summed E-state index contributed by atoms with van der Waals surface area (Å²) in [5.41, 5.74) is 0.967. The van der Waals surface area contributed by atoms with Crippen molar-refractivity contribution >= 4 is 23.0 Å². The number of aromatic nitrogens is 2. The number of halogens is 2. The Morgan fingerprint density at radius 3 is 2.63 bits per heavy atom. The summed E-state index contributed by atoms with van der Waals surface area (Å²) >= 11 is 0. The second kappa shape index (κ2) is 7.58. The summed E-state index contributed by atoms with van der Waals surface area (Å²) in [5, 5.41) is 11.4. The maximum absolute atomic E-state index is 14.3. The van der Waals surface area contributed by atoms with Gasteiger partial charge >= 0.3 is 0 Å². The number of carbonyl (C=O) groups excluding carboxylic acids is 1. The Kier molecular flexibility index (Phi) is 5.04. The van der Waals surface area contributed by atoms with Gasteiger partial charge in [0.15, 0.2) is 11.6 Å². The molecule has 1 aromatic heterocycles. The minimum atomic E-state index is -1.11. The highest BCUT2D eigenvalue weighted by atomic mass is 19.2. The minimum Gasteiger partial charge on any atom is -0.340 e. The van der Waals surface area contributed by atoms with Crippen molar-refractivity contribution < 1.29 is 13.6 Å². The molecule has 0 atom stereocenters. The molecule has 0 aliphatic rings. The van der Waals surface area contributed by atoms with E-state index in [1.807, 2.05) is 6.07 Å². The normalized spacial score (nSPS) is 10.1. The Bertz CT molecular complexity index is 1030. The fourth-order valence-corrected chi connectivity index (χ4v) is 2.43. The van der Waals surface area contributed by atoms with Gasteiger partial charge in [-0.1, -0.05) is 6.07 Å². The Labute approximate surface area is 153 Å². The third-order valence-electron chi connectivity index (χ3n) is 3.82. The molecule has 8 heteroatoms. The van der Waals surface area contributed by atoms with Gasteiger partial charge in [-0.2, -0.15) is 5.26 Å². The lowest BCUT2D eigenvalue weighted by Crippen LogP contribution is -2.16. The van der Waals surface area contributed by atoms with E-state index >= 15 is 0 Å². The first kappa shape index (κ1) is 17.9. The molecule has 0 saturated heterocycles. The monoisotopic (exact) mass is 365 g/mol. The van der Waals surface area contributed by atoms with Crippen LogP contribution in [-0.2, 0) is 0 Å².